The number of anilines is 2. The van der Waals surface area contributed by atoms with Gasteiger partial charge in [-0.3, -0.25) is 0 Å². The van der Waals surface area contributed by atoms with E-state index in [1.54, 1.807) is 26.8 Å². The molecule has 0 bridgehead atoms. The molecule has 0 saturated heterocycles. The van der Waals surface area contributed by atoms with Gasteiger partial charge in [0.25, 0.3) is 0 Å². The second-order valence-electron chi connectivity index (χ2n) is 4.61. The maximum Gasteiger partial charge on any atom is 0.154 e. The van der Waals surface area contributed by atoms with Crippen LogP contribution in [0.3, 0.4) is 0 Å². The minimum absolute atomic E-state index is 0.266. The lowest BCUT2D eigenvalue weighted by Gasteiger charge is -2.23. The first-order valence-electron chi connectivity index (χ1n) is 5.16. The molecule has 0 aromatic carbocycles. The number of hydrogen-bond acceptors (Lipinski definition) is 6. The number of nitrogens with one attached hydrogen (secondary N) is 1. The summed E-state index contributed by atoms with van der Waals surface area (Å²) in [7, 11) is -3.13. The van der Waals surface area contributed by atoms with Crippen LogP contribution in [0.1, 0.15) is 19.7 Å². The number of rotatable bonds is 4. The molecular formula is C10H18N4O2S. The first-order valence-corrected chi connectivity index (χ1v) is 7.05. The maximum absolute atomic E-state index is 11.5. The number of nitrogens with zero attached hydrogens (tertiary/aromatic N) is 2. The van der Waals surface area contributed by atoms with Gasteiger partial charge in [0, 0.05) is 18.9 Å². The van der Waals surface area contributed by atoms with Crippen LogP contribution in [0, 0.1) is 6.92 Å². The van der Waals surface area contributed by atoms with Gasteiger partial charge in [-0.1, -0.05) is 0 Å². The summed E-state index contributed by atoms with van der Waals surface area (Å²) in [5.41, 5.74) is 5.58. The Balaban J connectivity index is 2.81. The van der Waals surface area contributed by atoms with E-state index in [2.05, 4.69) is 15.3 Å². The predicted octanol–water partition coefficient (Wildman–Crippen LogP) is 0.602. The SMILES string of the molecule is Cc1nc(N)cc(NCC(C)(C)S(C)(=O)=O)n1. The topological polar surface area (TPSA) is 98.0 Å². The highest BCUT2D eigenvalue weighted by molar-refractivity contribution is 7.92. The Hall–Kier alpha value is -1.37. The molecule has 0 atom stereocenters. The summed E-state index contributed by atoms with van der Waals surface area (Å²) in [4.78, 5) is 8.06. The molecule has 1 aromatic heterocycles. The van der Waals surface area contributed by atoms with E-state index in [1.165, 1.54) is 6.26 Å². The van der Waals surface area contributed by atoms with Crippen molar-refractivity contribution in [2.24, 2.45) is 0 Å². The fourth-order valence-electron chi connectivity index (χ4n) is 1.12. The van der Waals surface area contributed by atoms with Crippen molar-refractivity contribution in [3.05, 3.63) is 11.9 Å². The van der Waals surface area contributed by atoms with Gasteiger partial charge in [-0.05, 0) is 20.8 Å². The average Bonchev–Trinajstić information content (AvgIpc) is 2.11. The number of aryl methyl sites for hydroxylation is 1. The van der Waals surface area contributed by atoms with Crippen molar-refractivity contribution in [3.63, 3.8) is 0 Å². The van der Waals surface area contributed by atoms with Crippen LogP contribution in [0.5, 0.6) is 0 Å². The van der Waals surface area contributed by atoms with E-state index in [9.17, 15) is 8.42 Å². The molecule has 0 saturated carbocycles. The van der Waals surface area contributed by atoms with Crippen LogP contribution in [-0.2, 0) is 9.84 Å². The van der Waals surface area contributed by atoms with Crippen LogP contribution in [0.4, 0.5) is 11.6 Å². The van der Waals surface area contributed by atoms with Crippen LogP contribution < -0.4 is 11.1 Å². The fourth-order valence-corrected chi connectivity index (χ4v) is 1.45. The molecule has 17 heavy (non-hydrogen) atoms. The van der Waals surface area contributed by atoms with Gasteiger partial charge in [-0.25, -0.2) is 18.4 Å². The van der Waals surface area contributed by atoms with Crippen LogP contribution >= 0.6 is 0 Å². The summed E-state index contributed by atoms with van der Waals surface area (Å²) < 4.78 is 22.2. The third-order valence-electron chi connectivity index (χ3n) is 2.56. The Bertz CT molecular complexity index is 491. The molecule has 0 fully saturated rings. The Morgan fingerprint density at radius 3 is 2.47 bits per heavy atom. The molecule has 1 rings (SSSR count). The van der Waals surface area contributed by atoms with E-state index >= 15 is 0 Å². The number of nitrogens with two attached hydrogens (primary N) is 1. The number of nitrogen functional groups attached to an aromatic ring is 1. The molecule has 0 aliphatic rings. The summed E-state index contributed by atoms with van der Waals surface area (Å²) in [5, 5.41) is 2.96. The highest BCUT2D eigenvalue weighted by atomic mass is 32.2. The maximum atomic E-state index is 11.5. The Morgan fingerprint density at radius 1 is 1.41 bits per heavy atom. The van der Waals surface area contributed by atoms with Crippen molar-refractivity contribution < 1.29 is 8.42 Å². The summed E-state index contributed by atoms with van der Waals surface area (Å²) in [6, 6.07) is 1.57. The Kier molecular flexibility index (Phi) is 3.61. The highest BCUT2D eigenvalue weighted by Crippen LogP contribution is 2.16. The lowest BCUT2D eigenvalue weighted by Crippen LogP contribution is -2.38. The van der Waals surface area contributed by atoms with Gasteiger partial charge in [-0.2, -0.15) is 0 Å². The number of sulfone groups is 1. The van der Waals surface area contributed by atoms with Crippen LogP contribution in [0.15, 0.2) is 6.07 Å². The summed E-state index contributed by atoms with van der Waals surface area (Å²) >= 11 is 0. The van der Waals surface area contributed by atoms with Crippen LogP contribution in [-0.4, -0.2) is 35.9 Å². The van der Waals surface area contributed by atoms with Crippen molar-refractivity contribution in [3.8, 4) is 0 Å². The zero-order chi connectivity index (χ0) is 13.3. The van der Waals surface area contributed by atoms with E-state index in [0.717, 1.165) is 0 Å². The summed E-state index contributed by atoms with van der Waals surface area (Å²) in [6.07, 6.45) is 1.22. The van der Waals surface area contributed by atoms with E-state index in [1.807, 2.05) is 0 Å². The lowest BCUT2D eigenvalue weighted by atomic mass is 10.2. The highest BCUT2D eigenvalue weighted by Gasteiger charge is 2.29. The molecule has 7 heteroatoms. The van der Waals surface area contributed by atoms with Gasteiger partial charge in [-0.15, -0.1) is 0 Å². The molecule has 0 unspecified atom stereocenters. The van der Waals surface area contributed by atoms with E-state index < -0.39 is 14.6 Å². The third-order valence-corrected chi connectivity index (χ3v) is 4.71. The quantitative estimate of drug-likeness (QED) is 0.820. The van der Waals surface area contributed by atoms with Crippen molar-refractivity contribution in [2.45, 2.75) is 25.5 Å². The Labute approximate surface area is 102 Å². The minimum Gasteiger partial charge on any atom is -0.384 e. The average molecular weight is 258 g/mol. The third kappa shape index (κ3) is 3.55. The van der Waals surface area contributed by atoms with Crippen molar-refractivity contribution >= 4 is 21.5 Å². The van der Waals surface area contributed by atoms with Gasteiger partial charge >= 0.3 is 0 Å². The number of hydrogen-bond donors (Lipinski definition) is 2. The standard InChI is InChI=1S/C10H18N4O2S/c1-7-13-8(11)5-9(14-7)12-6-10(2,3)17(4,15)16/h5H,6H2,1-4H3,(H3,11,12,13,14). The smallest absolute Gasteiger partial charge is 0.154 e. The molecule has 0 aliphatic carbocycles. The zero-order valence-corrected chi connectivity index (χ0v) is 11.3. The summed E-state index contributed by atoms with van der Waals surface area (Å²) in [5.74, 6) is 1.44. The van der Waals surface area contributed by atoms with Crippen molar-refractivity contribution in [1.82, 2.24) is 9.97 Å². The van der Waals surface area contributed by atoms with E-state index in [0.29, 0.717) is 17.5 Å². The molecule has 1 aromatic rings. The van der Waals surface area contributed by atoms with Crippen molar-refractivity contribution in [1.29, 1.82) is 0 Å². The van der Waals surface area contributed by atoms with Crippen LogP contribution in [0.2, 0.25) is 0 Å². The molecule has 0 spiro atoms. The second kappa shape index (κ2) is 4.48. The normalized spacial score (nSPS) is 12.5. The van der Waals surface area contributed by atoms with Gasteiger partial charge in [0.05, 0.1) is 4.75 Å². The first-order chi connectivity index (χ1) is 7.62. The van der Waals surface area contributed by atoms with Gasteiger partial charge in [0.15, 0.2) is 9.84 Å². The van der Waals surface area contributed by atoms with Gasteiger partial charge in [0.1, 0.15) is 17.5 Å². The number of aromatic nitrogens is 2. The molecule has 0 amide bonds. The molecule has 3 N–H and O–H groups in total. The fraction of sp³-hybridized carbons (Fsp3) is 0.600. The second-order valence-corrected chi connectivity index (χ2v) is 7.26. The van der Waals surface area contributed by atoms with E-state index in [4.69, 9.17) is 5.73 Å². The van der Waals surface area contributed by atoms with Gasteiger partial charge < -0.3 is 11.1 Å². The molecular weight excluding hydrogens is 240 g/mol. The lowest BCUT2D eigenvalue weighted by molar-refractivity contribution is 0.559. The minimum atomic E-state index is -3.13. The molecule has 1 heterocycles. The monoisotopic (exact) mass is 258 g/mol. The van der Waals surface area contributed by atoms with Crippen LogP contribution in [0.25, 0.3) is 0 Å². The predicted molar refractivity (Wildman–Crippen MR) is 68.6 cm³/mol. The van der Waals surface area contributed by atoms with Gasteiger partial charge in [0.2, 0.25) is 0 Å². The molecule has 0 radical (unpaired) electrons. The van der Waals surface area contributed by atoms with Crippen molar-refractivity contribution in [2.75, 3.05) is 23.9 Å². The molecule has 0 aliphatic heterocycles. The molecule has 6 nitrogen and oxygen atoms in total. The Morgan fingerprint density at radius 2 is 2.00 bits per heavy atom. The zero-order valence-electron chi connectivity index (χ0n) is 10.5. The molecule has 96 valence electrons. The summed E-state index contributed by atoms with van der Waals surface area (Å²) in [6.45, 7) is 5.31. The van der Waals surface area contributed by atoms with E-state index in [-0.39, 0.29) is 6.54 Å². The first kappa shape index (κ1) is 13.7. The largest absolute Gasteiger partial charge is 0.384 e.